The minimum atomic E-state index is -2.25. The molecule has 24 heavy (non-hydrogen) atoms. The second-order valence-electron chi connectivity index (χ2n) is 9.50. The van der Waals surface area contributed by atoms with E-state index in [-0.39, 0.29) is 11.2 Å². The summed E-state index contributed by atoms with van der Waals surface area (Å²) in [5.41, 5.74) is 2.69. The molecule has 4 nitrogen and oxygen atoms in total. The average molecular weight is 352 g/mol. The molecule has 0 saturated carbocycles. The van der Waals surface area contributed by atoms with Crippen molar-refractivity contribution in [2.75, 3.05) is 0 Å². The van der Waals surface area contributed by atoms with E-state index < -0.39 is 15.2 Å². The van der Waals surface area contributed by atoms with Gasteiger partial charge in [-0.25, -0.2) is 0 Å². The molecule has 0 N–H and O–H groups in total. The van der Waals surface area contributed by atoms with Crippen molar-refractivity contribution < 1.29 is 13.7 Å². The van der Waals surface area contributed by atoms with Crippen LogP contribution in [0.25, 0.3) is 0 Å². The summed E-state index contributed by atoms with van der Waals surface area (Å²) in [7, 11) is -2.72. The van der Waals surface area contributed by atoms with Crippen LogP contribution in [-0.4, -0.2) is 31.4 Å². The Hall–Kier alpha value is -0.588. The van der Waals surface area contributed by atoms with E-state index >= 15 is 0 Å². The third-order valence-corrected chi connectivity index (χ3v) is 14.5. The van der Waals surface area contributed by atoms with Gasteiger partial charge in [-0.2, -0.15) is 0 Å². The molecule has 1 fully saturated rings. The first kappa shape index (κ1) is 19.7. The Morgan fingerprint density at radius 1 is 0.875 bits per heavy atom. The van der Waals surface area contributed by atoms with Crippen LogP contribution in [0.5, 0.6) is 0 Å². The zero-order valence-corrected chi connectivity index (χ0v) is 18.3. The van der Waals surface area contributed by atoms with Gasteiger partial charge in [0.2, 0.25) is 0 Å². The van der Waals surface area contributed by atoms with Crippen molar-refractivity contribution >= 4 is 26.4 Å². The summed E-state index contributed by atoms with van der Waals surface area (Å²) in [6.07, 6.45) is 1.82. The van der Waals surface area contributed by atoms with E-state index in [1.54, 1.807) is 0 Å². The summed E-state index contributed by atoms with van der Waals surface area (Å²) in [4.78, 5) is 4.74. The van der Waals surface area contributed by atoms with E-state index in [0.717, 1.165) is 5.51 Å². The van der Waals surface area contributed by atoms with Gasteiger partial charge in [0.15, 0.2) is 0 Å². The zero-order valence-electron chi connectivity index (χ0n) is 17.1. The van der Waals surface area contributed by atoms with E-state index in [4.69, 9.17) is 18.7 Å². The summed E-state index contributed by atoms with van der Waals surface area (Å²) < 4.78 is 18.6. The SMILES string of the molecule is CC(C)[SiH-](c1ncc(B2OC(C)(C)C(C)(C)O2)o1)(C(C)C)C(C)C. The van der Waals surface area contributed by atoms with Gasteiger partial charge in [0.25, 0.3) is 0 Å². The molecule has 0 bridgehead atoms. The van der Waals surface area contributed by atoms with Crippen LogP contribution in [0, 0.1) is 0 Å². The molecule has 1 aliphatic rings. The molecule has 0 amide bonds. The minimum absolute atomic E-state index is 0.366. The summed E-state index contributed by atoms with van der Waals surface area (Å²) in [5.74, 6) is 0. The van der Waals surface area contributed by atoms with Crippen molar-refractivity contribution in [1.29, 1.82) is 0 Å². The van der Waals surface area contributed by atoms with Gasteiger partial charge in [-0.05, 0) is 0 Å². The van der Waals surface area contributed by atoms with Crippen LogP contribution < -0.4 is 11.2 Å². The standard InChI is InChI=1S/C18H35BNO3Si/c1-12(2)24(13(3)4,14(5)6)16-20-11-15(21-16)19-22-17(7,8)18(9,10)23-19/h11-14,24H,1-10H3/q-1. The van der Waals surface area contributed by atoms with Crippen LogP contribution in [0.2, 0.25) is 16.6 Å². The number of aromatic nitrogens is 1. The summed E-state index contributed by atoms with van der Waals surface area (Å²) in [6, 6.07) is 0. The van der Waals surface area contributed by atoms with Gasteiger partial charge in [-0.1, -0.05) is 0 Å². The quantitative estimate of drug-likeness (QED) is 0.760. The first-order valence-electron chi connectivity index (χ1n) is 9.35. The van der Waals surface area contributed by atoms with Gasteiger partial charge < -0.3 is 0 Å². The van der Waals surface area contributed by atoms with Crippen molar-refractivity contribution in [2.24, 2.45) is 0 Å². The Kier molecular flexibility index (Phi) is 5.17. The molecule has 1 aromatic rings. The number of hydrogen-bond acceptors (Lipinski definition) is 4. The third-order valence-electron chi connectivity index (χ3n) is 6.76. The van der Waals surface area contributed by atoms with E-state index in [1.807, 2.05) is 6.20 Å². The van der Waals surface area contributed by atoms with Crippen LogP contribution in [0.1, 0.15) is 69.2 Å². The first-order chi connectivity index (χ1) is 10.9. The van der Waals surface area contributed by atoms with Gasteiger partial charge in [0.05, 0.1) is 0 Å². The molecule has 2 rings (SSSR count). The molecule has 138 valence electrons. The molecule has 0 aliphatic carbocycles. The fraction of sp³-hybridized carbons (Fsp3) is 0.833. The molecule has 6 heteroatoms. The molecular formula is C18H35BNO3Si-. The topological polar surface area (TPSA) is 44.5 Å². The molecule has 2 heterocycles. The summed E-state index contributed by atoms with van der Waals surface area (Å²) in [6.45, 7) is 22.2. The fourth-order valence-electron chi connectivity index (χ4n) is 4.76. The normalized spacial score (nSPS) is 21.3. The van der Waals surface area contributed by atoms with Crippen LogP contribution in [-0.2, 0) is 9.31 Å². The van der Waals surface area contributed by atoms with Crippen molar-refractivity contribution in [3.8, 4) is 0 Å². The van der Waals surface area contributed by atoms with Gasteiger partial charge in [-0.15, -0.1) is 0 Å². The second kappa shape index (κ2) is 6.29. The van der Waals surface area contributed by atoms with Crippen LogP contribution in [0.15, 0.2) is 10.6 Å². The molecule has 0 unspecified atom stereocenters. The molecule has 0 spiro atoms. The second-order valence-corrected chi connectivity index (χ2v) is 16.1. The predicted octanol–water partition coefficient (Wildman–Crippen LogP) is 3.59. The van der Waals surface area contributed by atoms with Gasteiger partial charge in [0.1, 0.15) is 0 Å². The third kappa shape index (κ3) is 2.91. The number of oxazole rings is 1. The monoisotopic (exact) mass is 352 g/mol. The van der Waals surface area contributed by atoms with Crippen molar-refractivity contribution in [1.82, 2.24) is 4.98 Å². The molecule has 0 radical (unpaired) electrons. The first-order valence-corrected chi connectivity index (χ1v) is 11.9. The molecule has 1 aromatic heterocycles. The Labute approximate surface area is 148 Å². The number of rotatable bonds is 5. The number of hydrogen-bond donors (Lipinski definition) is 0. The maximum atomic E-state index is 6.32. The van der Waals surface area contributed by atoms with Crippen molar-refractivity contribution in [2.45, 2.75) is 97.1 Å². The van der Waals surface area contributed by atoms with Gasteiger partial charge in [-0.3, -0.25) is 0 Å². The number of nitrogens with zero attached hydrogens (tertiary/aromatic N) is 1. The van der Waals surface area contributed by atoms with Crippen LogP contribution >= 0.6 is 0 Å². The van der Waals surface area contributed by atoms with E-state index in [9.17, 15) is 0 Å². The van der Waals surface area contributed by atoms with Crippen LogP contribution in [0.4, 0.5) is 0 Å². The van der Waals surface area contributed by atoms with Crippen molar-refractivity contribution in [3.05, 3.63) is 6.20 Å². The summed E-state index contributed by atoms with van der Waals surface area (Å²) >= 11 is 0. The van der Waals surface area contributed by atoms with E-state index in [1.165, 1.54) is 0 Å². The fourth-order valence-corrected chi connectivity index (χ4v) is 11.8. The Morgan fingerprint density at radius 2 is 1.29 bits per heavy atom. The Morgan fingerprint density at radius 3 is 1.67 bits per heavy atom. The molecule has 0 aromatic carbocycles. The molecule has 0 atom stereocenters. The Balaban J connectivity index is 2.40. The molecular weight excluding hydrogens is 317 g/mol. The zero-order chi connectivity index (χ0) is 18.5. The molecule has 1 aliphatic heterocycles. The van der Waals surface area contributed by atoms with Gasteiger partial charge in [0, 0.05) is 0 Å². The Bertz CT molecular complexity index is 543. The maximum absolute atomic E-state index is 6.32. The predicted molar refractivity (Wildman–Crippen MR) is 104 cm³/mol. The van der Waals surface area contributed by atoms with Crippen molar-refractivity contribution in [3.63, 3.8) is 0 Å². The average Bonchev–Trinajstić information content (AvgIpc) is 2.93. The van der Waals surface area contributed by atoms with Crippen LogP contribution in [0.3, 0.4) is 0 Å². The van der Waals surface area contributed by atoms with Gasteiger partial charge >= 0.3 is 148 Å². The summed E-state index contributed by atoms with van der Waals surface area (Å²) in [5, 5.41) is 0. The van der Waals surface area contributed by atoms with E-state index in [2.05, 4.69) is 69.2 Å². The van der Waals surface area contributed by atoms with E-state index in [0.29, 0.717) is 22.3 Å². The molecule has 1 saturated heterocycles.